The third-order valence-corrected chi connectivity index (χ3v) is 7.90. The molecule has 1 saturated heterocycles. The lowest BCUT2D eigenvalue weighted by Crippen LogP contribution is -2.68. The van der Waals surface area contributed by atoms with Crippen LogP contribution in [0.3, 0.4) is 0 Å². The number of amides is 2. The number of fused-ring (bicyclic) bond motifs is 4. The molecule has 0 unspecified atom stereocenters. The number of anilines is 1. The van der Waals surface area contributed by atoms with Gasteiger partial charge in [-0.3, -0.25) is 0 Å². The van der Waals surface area contributed by atoms with Crippen LogP contribution in [0, 0.1) is 5.82 Å². The Labute approximate surface area is 196 Å². The molecule has 11 heteroatoms. The van der Waals surface area contributed by atoms with E-state index in [0.717, 1.165) is 16.5 Å². The summed E-state index contributed by atoms with van der Waals surface area (Å²) in [5.74, 6) is 0.231. The van der Waals surface area contributed by atoms with E-state index in [4.69, 9.17) is 4.74 Å². The van der Waals surface area contributed by atoms with Crippen molar-refractivity contribution in [2.45, 2.75) is 11.5 Å². The number of hydrogen-bond donors (Lipinski definition) is 3. The Morgan fingerprint density at radius 3 is 2.56 bits per heavy atom. The highest BCUT2D eigenvalue weighted by Gasteiger charge is 2.55. The molecule has 2 aliphatic rings. The van der Waals surface area contributed by atoms with Crippen LogP contribution in [0.5, 0.6) is 5.75 Å². The average Bonchev–Trinajstić information content (AvgIpc) is 3.16. The van der Waals surface area contributed by atoms with Gasteiger partial charge in [-0.05, 0) is 42.0 Å². The summed E-state index contributed by atoms with van der Waals surface area (Å²) in [6.07, 6.45) is 1.17. The number of hydrogen-bond acceptors (Lipinski definition) is 5. The summed E-state index contributed by atoms with van der Waals surface area (Å²) in [7, 11) is -1.83. The van der Waals surface area contributed by atoms with Crippen molar-refractivity contribution >= 4 is 32.6 Å². The van der Waals surface area contributed by atoms with Gasteiger partial charge in [0.25, 0.3) is 0 Å². The molecular formula is C23H25FN4O5S. The van der Waals surface area contributed by atoms with Crippen molar-refractivity contribution in [1.29, 1.82) is 0 Å². The van der Waals surface area contributed by atoms with Gasteiger partial charge in [-0.2, -0.15) is 0 Å². The van der Waals surface area contributed by atoms with Gasteiger partial charge in [0.05, 0.1) is 26.0 Å². The zero-order chi connectivity index (χ0) is 24.3. The minimum absolute atomic E-state index is 0.212. The fourth-order valence-corrected chi connectivity index (χ4v) is 6.03. The molecule has 3 N–H and O–H groups in total. The Kier molecular flexibility index (Phi) is 5.30. The van der Waals surface area contributed by atoms with Gasteiger partial charge in [-0.15, -0.1) is 0 Å². The van der Waals surface area contributed by atoms with Crippen molar-refractivity contribution < 1.29 is 27.4 Å². The number of rotatable bonds is 4. The minimum Gasteiger partial charge on any atom is -0.497 e. The molecule has 34 heavy (non-hydrogen) atoms. The number of urea groups is 1. The van der Waals surface area contributed by atoms with Crippen LogP contribution in [0.1, 0.15) is 17.3 Å². The summed E-state index contributed by atoms with van der Waals surface area (Å²) in [4.78, 5) is 18.2. The number of aromatic nitrogens is 1. The van der Waals surface area contributed by atoms with Crippen molar-refractivity contribution in [1.82, 2.24) is 14.2 Å². The maximum absolute atomic E-state index is 13.3. The molecule has 1 fully saturated rings. The first-order valence-corrected chi connectivity index (χ1v) is 12.6. The molecule has 2 aromatic carbocycles. The maximum Gasteiger partial charge on any atom is 0.322 e. The Hall–Kier alpha value is -3.15. The molecule has 0 aliphatic carbocycles. The molecule has 9 nitrogen and oxygen atoms in total. The Bertz CT molecular complexity index is 1370. The van der Waals surface area contributed by atoms with Gasteiger partial charge in [0.1, 0.15) is 11.6 Å². The summed E-state index contributed by atoms with van der Waals surface area (Å²) in [6.45, 7) is 0.315. The van der Waals surface area contributed by atoms with Gasteiger partial charge in [0.2, 0.25) is 10.0 Å². The van der Waals surface area contributed by atoms with Gasteiger partial charge in [0.15, 0.2) is 0 Å². The van der Waals surface area contributed by atoms with Gasteiger partial charge in [-0.25, -0.2) is 21.9 Å². The molecule has 5 rings (SSSR count). The maximum atomic E-state index is 13.3. The smallest absolute Gasteiger partial charge is 0.322 e. The van der Waals surface area contributed by atoms with Gasteiger partial charge in [-0.1, -0.05) is 0 Å². The number of halogens is 1. The Balaban J connectivity index is 1.58. The second-order valence-electron chi connectivity index (χ2n) is 8.90. The fourth-order valence-electron chi connectivity index (χ4n) is 5.07. The summed E-state index contributed by atoms with van der Waals surface area (Å²) in [5.41, 5.74) is 2.13. The lowest BCUT2D eigenvalue weighted by atomic mass is 9.70. The molecular weight excluding hydrogens is 463 g/mol. The predicted octanol–water partition coefficient (Wildman–Crippen LogP) is 2.41. The Morgan fingerprint density at radius 2 is 1.94 bits per heavy atom. The van der Waals surface area contributed by atoms with Crippen LogP contribution < -0.4 is 10.1 Å². The first-order chi connectivity index (χ1) is 16.1. The number of H-pyrrole nitrogens is 1. The quantitative estimate of drug-likeness (QED) is 0.522. The van der Waals surface area contributed by atoms with Crippen molar-refractivity contribution in [2.24, 2.45) is 0 Å². The van der Waals surface area contributed by atoms with E-state index in [9.17, 15) is 22.7 Å². The third-order valence-electron chi connectivity index (χ3n) is 6.70. The number of sulfonamides is 1. The SMILES string of the molecule is COc1ccc2c3c([nH]c2c1)[C@@H](CO)N(C(=O)Nc1ccc(F)cc1)CC31CN(S(C)(=O)=O)C1. The molecule has 1 spiro atoms. The third kappa shape index (κ3) is 3.60. The zero-order valence-corrected chi connectivity index (χ0v) is 19.5. The minimum atomic E-state index is -3.40. The average molecular weight is 489 g/mol. The molecule has 3 aromatic rings. The number of nitrogens with one attached hydrogen (secondary N) is 2. The standard InChI is InChI=1S/C23H25FN4O5S/c1-33-16-7-8-17-18(9-16)26-21-19(10-29)28(22(30)25-15-5-3-14(24)4-6-15)13-23(20(17)21)11-27(12-23)34(2,31)32/h3-9,19,26,29H,10-13H2,1-2H3,(H,25,30)/t19-/m1/s1. The van der Waals surface area contributed by atoms with Crippen LogP contribution >= 0.6 is 0 Å². The number of carbonyl (C=O) groups excluding carboxylic acids is 1. The van der Waals surface area contributed by atoms with E-state index in [1.165, 1.54) is 39.7 Å². The lowest BCUT2D eigenvalue weighted by Gasteiger charge is -2.55. The van der Waals surface area contributed by atoms with Crippen molar-refractivity contribution in [3.05, 3.63) is 59.5 Å². The number of ether oxygens (including phenoxy) is 1. The first kappa shape index (κ1) is 22.6. The zero-order valence-electron chi connectivity index (χ0n) is 18.7. The van der Waals surface area contributed by atoms with Crippen LogP contribution in [0.15, 0.2) is 42.5 Å². The van der Waals surface area contributed by atoms with Gasteiger partial charge in [0, 0.05) is 53.4 Å². The highest BCUT2D eigenvalue weighted by atomic mass is 32.2. The van der Waals surface area contributed by atoms with Crippen molar-refractivity contribution in [2.75, 3.05) is 44.9 Å². The second kappa shape index (κ2) is 7.97. The molecule has 1 atom stereocenters. The second-order valence-corrected chi connectivity index (χ2v) is 10.9. The summed E-state index contributed by atoms with van der Waals surface area (Å²) in [5, 5.41) is 14.0. The molecule has 2 aliphatic heterocycles. The van der Waals surface area contributed by atoms with Crippen LogP contribution in [-0.2, 0) is 15.4 Å². The highest BCUT2D eigenvalue weighted by molar-refractivity contribution is 7.88. The van der Waals surface area contributed by atoms with Crippen molar-refractivity contribution in [3.8, 4) is 5.75 Å². The topological polar surface area (TPSA) is 115 Å². The summed E-state index contributed by atoms with van der Waals surface area (Å²) in [6, 6.07) is 9.84. The van der Waals surface area contributed by atoms with E-state index in [1.54, 1.807) is 7.11 Å². The molecule has 0 bridgehead atoms. The number of benzene rings is 2. The van der Waals surface area contributed by atoms with E-state index in [1.807, 2.05) is 18.2 Å². The largest absolute Gasteiger partial charge is 0.497 e. The van der Waals surface area contributed by atoms with E-state index < -0.39 is 33.3 Å². The number of carbonyl (C=O) groups is 1. The van der Waals surface area contributed by atoms with Crippen LogP contribution in [0.25, 0.3) is 10.9 Å². The van der Waals surface area contributed by atoms with E-state index >= 15 is 0 Å². The summed E-state index contributed by atoms with van der Waals surface area (Å²) >= 11 is 0. The highest BCUT2D eigenvalue weighted by Crippen LogP contribution is 2.49. The van der Waals surface area contributed by atoms with E-state index in [-0.39, 0.29) is 26.2 Å². The fraction of sp³-hybridized carbons (Fsp3) is 0.348. The number of nitrogens with zero attached hydrogens (tertiary/aromatic N) is 2. The molecule has 0 radical (unpaired) electrons. The van der Waals surface area contributed by atoms with Crippen molar-refractivity contribution in [3.63, 3.8) is 0 Å². The predicted molar refractivity (Wildman–Crippen MR) is 125 cm³/mol. The normalized spacial score (nSPS) is 19.6. The molecule has 1 aromatic heterocycles. The molecule has 0 saturated carbocycles. The van der Waals surface area contributed by atoms with Gasteiger partial charge >= 0.3 is 6.03 Å². The van der Waals surface area contributed by atoms with Gasteiger partial charge < -0.3 is 25.0 Å². The monoisotopic (exact) mass is 488 g/mol. The Morgan fingerprint density at radius 1 is 1.24 bits per heavy atom. The molecule has 2 amide bonds. The molecule has 180 valence electrons. The lowest BCUT2D eigenvalue weighted by molar-refractivity contribution is 0.0553. The molecule has 3 heterocycles. The number of aromatic amines is 1. The van der Waals surface area contributed by atoms with E-state index in [0.29, 0.717) is 17.1 Å². The van der Waals surface area contributed by atoms with E-state index in [2.05, 4.69) is 10.3 Å². The number of aliphatic hydroxyl groups excluding tert-OH is 1. The van der Waals surface area contributed by atoms with Crippen LogP contribution in [0.2, 0.25) is 0 Å². The number of methoxy groups -OCH3 is 1. The number of aliphatic hydroxyl groups is 1. The van der Waals surface area contributed by atoms with Crippen LogP contribution in [0.4, 0.5) is 14.9 Å². The van der Waals surface area contributed by atoms with Crippen LogP contribution in [-0.4, -0.2) is 73.4 Å². The first-order valence-electron chi connectivity index (χ1n) is 10.7. The summed E-state index contributed by atoms with van der Waals surface area (Å²) < 4.78 is 44.4.